The number of hydrogen-bond acceptors (Lipinski definition) is 7. The van der Waals surface area contributed by atoms with E-state index < -0.39 is 0 Å². The molecule has 1 aromatic heterocycles. The van der Waals surface area contributed by atoms with Gasteiger partial charge >= 0.3 is 5.69 Å². The summed E-state index contributed by atoms with van der Waals surface area (Å²) in [6, 6.07) is 5.12. The van der Waals surface area contributed by atoms with Gasteiger partial charge in [0, 0.05) is 26.3 Å². The van der Waals surface area contributed by atoms with E-state index in [9.17, 15) is 9.59 Å². The molecule has 2 N–H and O–H groups in total. The molecule has 1 heterocycles. The molecule has 26 heavy (non-hydrogen) atoms. The number of aromatic nitrogens is 3. The van der Waals surface area contributed by atoms with Crippen LogP contribution in [-0.4, -0.2) is 54.4 Å². The minimum atomic E-state index is -0.305. The molecule has 0 atom stereocenters. The maximum absolute atomic E-state index is 12.2. The quantitative estimate of drug-likeness (QED) is 0.472. The summed E-state index contributed by atoms with van der Waals surface area (Å²) in [5.41, 5.74) is 0.235. The van der Waals surface area contributed by atoms with E-state index in [4.69, 9.17) is 14.2 Å². The zero-order valence-electron chi connectivity index (χ0n) is 14.9. The van der Waals surface area contributed by atoms with E-state index in [1.54, 1.807) is 32.4 Å². The third kappa shape index (κ3) is 5.27. The van der Waals surface area contributed by atoms with Gasteiger partial charge in [-0.15, -0.1) is 5.10 Å². The molecule has 0 radical (unpaired) electrons. The van der Waals surface area contributed by atoms with E-state index in [2.05, 4.69) is 15.5 Å². The number of benzene rings is 1. The molecular weight excluding hydrogens is 360 g/mol. The number of thioether (sulfide) groups is 1. The van der Waals surface area contributed by atoms with Crippen LogP contribution in [-0.2, 0) is 16.1 Å². The molecule has 0 bridgehead atoms. The van der Waals surface area contributed by atoms with E-state index in [1.165, 1.54) is 23.4 Å². The molecule has 0 fully saturated rings. The SMILES string of the molecule is COCCCn1c(SCC(=O)Nc2ccc(OC)cc2OC)n[nH]c1=O. The number of amides is 1. The van der Waals surface area contributed by atoms with Crippen LogP contribution in [0.4, 0.5) is 5.69 Å². The highest BCUT2D eigenvalue weighted by Crippen LogP contribution is 2.29. The Morgan fingerprint density at radius 2 is 2.12 bits per heavy atom. The Balaban J connectivity index is 1.96. The molecule has 0 spiro atoms. The number of nitrogens with one attached hydrogen (secondary N) is 2. The van der Waals surface area contributed by atoms with Crippen molar-refractivity contribution in [3.63, 3.8) is 0 Å². The summed E-state index contributed by atoms with van der Waals surface area (Å²) >= 11 is 1.18. The summed E-state index contributed by atoms with van der Waals surface area (Å²) < 4.78 is 16.9. The molecule has 10 heteroatoms. The summed E-state index contributed by atoms with van der Waals surface area (Å²) in [4.78, 5) is 24.0. The van der Waals surface area contributed by atoms with Crippen LogP contribution in [0.2, 0.25) is 0 Å². The number of hydrogen-bond donors (Lipinski definition) is 2. The molecule has 0 saturated heterocycles. The second-order valence-electron chi connectivity index (χ2n) is 5.21. The molecule has 9 nitrogen and oxygen atoms in total. The molecule has 0 aliphatic carbocycles. The van der Waals surface area contributed by atoms with Crippen LogP contribution in [0, 0.1) is 0 Å². The molecule has 0 aliphatic heterocycles. The first-order chi connectivity index (χ1) is 12.6. The van der Waals surface area contributed by atoms with Crippen molar-refractivity contribution >= 4 is 23.4 Å². The fourth-order valence-corrected chi connectivity index (χ4v) is 2.97. The van der Waals surface area contributed by atoms with Crippen LogP contribution in [0.1, 0.15) is 6.42 Å². The fraction of sp³-hybridized carbons (Fsp3) is 0.438. The third-order valence-corrected chi connectivity index (χ3v) is 4.44. The minimum absolute atomic E-state index is 0.101. The van der Waals surface area contributed by atoms with Gasteiger partial charge in [-0.1, -0.05) is 11.8 Å². The van der Waals surface area contributed by atoms with E-state index >= 15 is 0 Å². The number of rotatable bonds is 10. The Morgan fingerprint density at radius 3 is 2.81 bits per heavy atom. The number of H-pyrrole nitrogens is 1. The minimum Gasteiger partial charge on any atom is -0.497 e. The molecule has 2 aromatic rings. The first-order valence-electron chi connectivity index (χ1n) is 7.87. The monoisotopic (exact) mass is 382 g/mol. The normalized spacial score (nSPS) is 10.6. The van der Waals surface area contributed by atoms with Gasteiger partial charge in [0.1, 0.15) is 11.5 Å². The van der Waals surface area contributed by atoms with Crippen molar-refractivity contribution in [2.75, 3.05) is 39.0 Å². The number of nitrogens with zero attached hydrogens (tertiary/aromatic N) is 2. The van der Waals surface area contributed by atoms with Gasteiger partial charge in [-0.3, -0.25) is 9.36 Å². The molecule has 0 unspecified atom stereocenters. The van der Waals surface area contributed by atoms with E-state index in [-0.39, 0.29) is 17.3 Å². The van der Waals surface area contributed by atoms with Crippen LogP contribution >= 0.6 is 11.8 Å². The summed E-state index contributed by atoms with van der Waals surface area (Å²) in [5.74, 6) is 0.992. The number of aromatic amines is 1. The van der Waals surface area contributed by atoms with Crippen LogP contribution in [0.5, 0.6) is 11.5 Å². The van der Waals surface area contributed by atoms with Crippen molar-refractivity contribution in [1.82, 2.24) is 14.8 Å². The van der Waals surface area contributed by atoms with Gasteiger partial charge in [0.15, 0.2) is 5.16 Å². The first kappa shape index (κ1) is 19.9. The Kier molecular flexibility index (Phi) is 7.54. The molecule has 2 rings (SSSR count). The lowest BCUT2D eigenvalue weighted by Gasteiger charge is -2.11. The zero-order valence-corrected chi connectivity index (χ0v) is 15.7. The van der Waals surface area contributed by atoms with Crippen LogP contribution in [0.3, 0.4) is 0 Å². The summed E-state index contributed by atoms with van der Waals surface area (Å²) in [5, 5.41) is 9.59. The van der Waals surface area contributed by atoms with Crippen LogP contribution in [0.15, 0.2) is 28.2 Å². The van der Waals surface area contributed by atoms with Crippen LogP contribution in [0.25, 0.3) is 0 Å². The highest BCUT2D eigenvalue weighted by Gasteiger charge is 2.13. The average molecular weight is 382 g/mol. The number of carbonyl (C=O) groups excluding carboxylic acids is 1. The largest absolute Gasteiger partial charge is 0.497 e. The van der Waals surface area contributed by atoms with Crippen molar-refractivity contribution in [2.45, 2.75) is 18.1 Å². The maximum Gasteiger partial charge on any atom is 0.343 e. The van der Waals surface area contributed by atoms with Crippen molar-refractivity contribution in [3.05, 3.63) is 28.7 Å². The number of carbonyl (C=O) groups is 1. The number of anilines is 1. The molecule has 1 amide bonds. The summed E-state index contributed by atoms with van der Waals surface area (Å²) in [7, 11) is 4.67. The van der Waals surface area contributed by atoms with Crippen molar-refractivity contribution in [1.29, 1.82) is 0 Å². The van der Waals surface area contributed by atoms with Crippen LogP contribution < -0.4 is 20.5 Å². The lowest BCUT2D eigenvalue weighted by atomic mass is 10.2. The highest BCUT2D eigenvalue weighted by atomic mass is 32.2. The highest BCUT2D eigenvalue weighted by molar-refractivity contribution is 7.99. The fourth-order valence-electron chi connectivity index (χ4n) is 2.20. The standard InChI is InChI=1S/C16H22N4O5S/c1-23-8-4-7-20-15(22)18-19-16(20)26-10-14(21)17-12-6-5-11(24-2)9-13(12)25-3/h5-6,9H,4,7-8,10H2,1-3H3,(H,17,21)(H,18,22). The molecule has 0 aliphatic rings. The molecule has 1 aromatic carbocycles. The van der Waals surface area contributed by atoms with E-state index in [0.717, 1.165) is 0 Å². The Morgan fingerprint density at radius 1 is 1.31 bits per heavy atom. The molecular formula is C16H22N4O5S. The second kappa shape index (κ2) is 9.88. The van der Waals surface area contributed by atoms with Gasteiger partial charge in [-0.05, 0) is 18.6 Å². The average Bonchev–Trinajstić information content (AvgIpc) is 3.00. The lowest BCUT2D eigenvalue weighted by molar-refractivity contribution is -0.113. The van der Waals surface area contributed by atoms with Crippen molar-refractivity contribution < 1.29 is 19.0 Å². The predicted octanol–water partition coefficient (Wildman–Crippen LogP) is 1.36. The van der Waals surface area contributed by atoms with E-state index in [1.807, 2.05) is 0 Å². The topological polar surface area (TPSA) is 107 Å². The van der Waals surface area contributed by atoms with Gasteiger partial charge in [-0.2, -0.15) is 0 Å². The van der Waals surface area contributed by atoms with Gasteiger partial charge in [0.05, 0.1) is 25.7 Å². The Labute approximate surface area is 155 Å². The smallest absolute Gasteiger partial charge is 0.343 e. The zero-order chi connectivity index (χ0) is 18.9. The Bertz CT molecular complexity index is 789. The number of ether oxygens (including phenoxy) is 3. The first-order valence-corrected chi connectivity index (χ1v) is 8.86. The van der Waals surface area contributed by atoms with Crippen molar-refractivity contribution in [3.8, 4) is 11.5 Å². The number of methoxy groups -OCH3 is 3. The Hall–Kier alpha value is -2.46. The van der Waals surface area contributed by atoms with Gasteiger partial charge in [0.2, 0.25) is 5.91 Å². The second-order valence-corrected chi connectivity index (χ2v) is 6.15. The van der Waals surface area contributed by atoms with Gasteiger partial charge < -0.3 is 19.5 Å². The molecule has 0 saturated carbocycles. The van der Waals surface area contributed by atoms with Gasteiger partial charge in [-0.25, -0.2) is 9.89 Å². The van der Waals surface area contributed by atoms with Gasteiger partial charge in [0.25, 0.3) is 0 Å². The van der Waals surface area contributed by atoms with E-state index in [0.29, 0.717) is 41.9 Å². The third-order valence-electron chi connectivity index (χ3n) is 3.47. The summed E-state index contributed by atoms with van der Waals surface area (Å²) in [6.07, 6.45) is 0.679. The maximum atomic E-state index is 12.2. The summed E-state index contributed by atoms with van der Waals surface area (Å²) in [6.45, 7) is 1.01. The molecule has 142 valence electrons. The lowest BCUT2D eigenvalue weighted by Crippen LogP contribution is -2.19. The van der Waals surface area contributed by atoms with Crippen molar-refractivity contribution in [2.24, 2.45) is 0 Å². The predicted molar refractivity (Wildman–Crippen MR) is 98.2 cm³/mol.